The molecule has 0 saturated carbocycles. The zero-order valence-corrected chi connectivity index (χ0v) is 56.2. The van der Waals surface area contributed by atoms with Gasteiger partial charge < -0.3 is 14.2 Å². The summed E-state index contributed by atoms with van der Waals surface area (Å²) < 4.78 is 16.9. The molecular formula is C77H144O6. The van der Waals surface area contributed by atoms with E-state index in [-0.39, 0.29) is 31.1 Å². The van der Waals surface area contributed by atoms with Gasteiger partial charge in [-0.05, 0) is 77.0 Å². The molecule has 0 spiro atoms. The van der Waals surface area contributed by atoms with E-state index in [1.54, 1.807) is 0 Å². The van der Waals surface area contributed by atoms with Gasteiger partial charge in [-0.2, -0.15) is 0 Å². The van der Waals surface area contributed by atoms with E-state index < -0.39 is 6.10 Å². The third-order valence-corrected chi connectivity index (χ3v) is 17.1. The van der Waals surface area contributed by atoms with Crippen molar-refractivity contribution in [2.75, 3.05) is 13.2 Å². The summed E-state index contributed by atoms with van der Waals surface area (Å²) in [6.45, 7) is 6.66. The lowest BCUT2D eigenvalue weighted by Gasteiger charge is -2.18. The minimum absolute atomic E-state index is 0.0660. The molecule has 6 heteroatoms. The fourth-order valence-corrected chi connectivity index (χ4v) is 11.5. The van der Waals surface area contributed by atoms with Crippen LogP contribution in [0, 0.1) is 0 Å². The molecule has 0 heterocycles. The zero-order valence-electron chi connectivity index (χ0n) is 56.2. The van der Waals surface area contributed by atoms with Crippen LogP contribution in [-0.2, 0) is 28.6 Å². The maximum atomic E-state index is 12.9. The molecule has 1 unspecified atom stereocenters. The number of hydrogen-bond donors (Lipinski definition) is 0. The van der Waals surface area contributed by atoms with E-state index in [0.717, 1.165) is 64.2 Å². The second-order valence-corrected chi connectivity index (χ2v) is 25.6. The molecule has 0 aliphatic heterocycles. The van der Waals surface area contributed by atoms with Crippen molar-refractivity contribution < 1.29 is 28.6 Å². The van der Waals surface area contributed by atoms with Gasteiger partial charge >= 0.3 is 17.9 Å². The van der Waals surface area contributed by atoms with Crippen LogP contribution in [-0.4, -0.2) is 37.2 Å². The summed E-state index contributed by atoms with van der Waals surface area (Å²) in [5.41, 5.74) is 0. The van der Waals surface area contributed by atoms with E-state index in [1.165, 1.54) is 315 Å². The molecule has 488 valence electrons. The Morgan fingerprint density at radius 1 is 0.241 bits per heavy atom. The zero-order chi connectivity index (χ0) is 59.9. The number of ether oxygens (including phenoxy) is 3. The van der Waals surface area contributed by atoms with Crippen LogP contribution in [0.15, 0.2) is 36.5 Å². The van der Waals surface area contributed by atoms with Crippen LogP contribution < -0.4 is 0 Å². The molecule has 0 aromatic rings. The van der Waals surface area contributed by atoms with E-state index in [1.807, 2.05) is 0 Å². The van der Waals surface area contributed by atoms with Crippen molar-refractivity contribution in [2.24, 2.45) is 0 Å². The van der Waals surface area contributed by atoms with E-state index >= 15 is 0 Å². The summed E-state index contributed by atoms with van der Waals surface area (Å²) in [6.07, 6.45) is 90.9. The molecular weight excluding hydrogens is 1020 g/mol. The third kappa shape index (κ3) is 70.3. The van der Waals surface area contributed by atoms with Crippen molar-refractivity contribution in [3.63, 3.8) is 0 Å². The summed E-state index contributed by atoms with van der Waals surface area (Å²) in [5.74, 6) is -0.843. The molecule has 1 atom stereocenters. The van der Waals surface area contributed by atoms with Gasteiger partial charge in [0.15, 0.2) is 6.10 Å². The molecule has 83 heavy (non-hydrogen) atoms. The highest BCUT2D eigenvalue weighted by atomic mass is 16.6. The summed E-state index contributed by atoms with van der Waals surface area (Å²) in [7, 11) is 0. The van der Waals surface area contributed by atoms with Gasteiger partial charge in [-0.25, -0.2) is 0 Å². The molecule has 6 nitrogen and oxygen atoms in total. The van der Waals surface area contributed by atoms with E-state index in [4.69, 9.17) is 14.2 Å². The van der Waals surface area contributed by atoms with Crippen molar-refractivity contribution in [3.05, 3.63) is 36.5 Å². The molecule has 0 rings (SSSR count). The lowest BCUT2D eigenvalue weighted by atomic mass is 10.0. The van der Waals surface area contributed by atoms with Crippen LogP contribution in [0.5, 0.6) is 0 Å². The van der Waals surface area contributed by atoms with Gasteiger partial charge in [-0.15, -0.1) is 0 Å². The summed E-state index contributed by atoms with van der Waals surface area (Å²) in [5, 5.41) is 0. The van der Waals surface area contributed by atoms with Gasteiger partial charge in [0.2, 0.25) is 0 Å². The Bertz CT molecular complexity index is 1380. The van der Waals surface area contributed by atoms with E-state index in [9.17, 15) is 14.4 Å². The molecule has 0 fully saturated rings. The number of unbranched alkanes of at least 4 members (excludes halogenated alkanes) is 53. The lowest BCUT2D eigenvalue weighted by Crippen LogP contribution is -2.30. The normalized spacial score (nSPS) is 12.2. The molecule has 0 aliphatic rings. The molecule has 0 aromatic carbocycles. The number of allylic oxidation sites excluding steroid dienone is 6. The average Bonchev–Trinajstić information content (AvgIpc) is 3.49. The largest absolute Gasteiger partial charge is 0.462 e. The van der Waals surface area contributed by atoms with Crippen molar-refractivity contribution in [1.82, 2.24) is 0 Å². The Kier molecular flexibility index (Phi) is 70.0. The van der Waals surface area contributed by atoms with Gasteiger partial charge in [0.05, 0.1) is 0 Å². The van der Waals surface area contributed by atoms with Crippen LogP contribution in [0.1, 0.15) is 419 Å². The number of esters is 3. The summed E-state index contributed by atoms with van der Waals surface area (Å²) in [4.78, 5) is 38.2. The first-order valence-corrected chi connectivity index (χ1v) is 37.5. The highest BCUT2D eigenvalue weighted by Gasteiger charge is 2.20. The second kappa shape index (κ2) is 72.1. The molecule has 0 radical (unpaired) electrons. The topological polar surface area (TPSA) is 78.9 Å². The smallest absolute Gasteiger partial charge is 0.306 e. The lowest BCUT2D eigenvalue weighted by molar-refractivity contribution is -0.167. The highest BCUT2D eigenvalue weighted by Crippen LogP contribution is 2.19. The Morgan fingerprint density at radius 3 is 0.675 bits per heavy atom. The quantitative estimate of drug-likeness (QED) is 0.0261. The minimum Gasteiger partial charge on any atom is -0.462 e. The van der Waals surface area contributed by atoms with Crippen LogP contribution >= 0.6 is 0 Å². The molecule has 0 aromatic heterocycles. The van der Waals surface area contributed by atoms with Crippen LogP contribution in [0.4, 0.5) is 0 Å². The maximum Gasteiger partial charge on any atom is 0.306 e. The summed E-state index contributed by atoms with van der Waals surface area (Å²) >= 11 is 0. The van der Waals surface area contributed by atoms with Gasteiger partial charge in [0.25, 0.3) is 0 Å². The minimum atomic E-state index is -0.767. The first kappa shape index (κ1) is 80.6. The molecule has 0 amide bonds. The average molecular weight is 1170 g/mol. The SMILES string of the molecule is CCCCCCC/C=C\C/C=C\CCCCCCCCCCCCCCCCCCCC(=O)OCC(COC(=O)CCCCCCCCC)OC(=O)CCCCCCCCCCCCCCCCCCC/C=C\CCCCCCCCCC. The third-order valence-electron chi connectivity index (χ3n) is 17.1. The number of carbonyl (C=O) groups excluding carboxylic acids is 3. The Hall–Kier alpha value is -2.37. The Labute approximate surface area is 518 Å². The van der Waals surface area contributed by atoms with Crippen LogP contribution in [0.3, 0.4) is 0 Å². The van der Waals surface area contributed by atoms with Gasteiger partial charge in [-0.3, -0.25) is 14.4 Å². The molecule has 0 bridgehead atoms. The molecule has 0 N–H and O–H groups in total. The van der Waals surface area contributed by atoms with Gasteiger partial charge in [-0.1, -0.05) is 359 Å². The van der Waals surface area contributed by atoms with Gasteiger partial charge in [0, 0.05) is 19.3 Å². The number of hydrogen-bond acceptors (Lipinski definition) is 6. The standard InChI is InChI=1S/C77H144O6/c1-4-7-10-13-16-18-20-22-24-26-28-30-32-34-36-38-40-42-44-46-48-50-52-54-56-58-61-64-67-70-76(79)82-73-74(72-81-75(78)69-66-63-60-15-12-9-6-3)83-77(80)71-68-65-62-59-57-55-53-51-49-47-45-43-41-39-37-35-33-31-29-27-25-23-21-19-17-14-11-8-5-2/h20,22,26-29,74H,4-19,21,23-25,30-73H2,1-3H3/b22-20-,28-26-,29-27-. The first-order chi connectivity index (χ1) is 41.0. The van der Waals surface area contributed by atoms with E-state index in [0.29, 0.717) is 19.3 Å². The molecule has 0 aliphatic carbocycles. The summed E-state index contributed by atoms with van der Waals surface area (Å²) in [6, 6.07) is 0. The highest BCUT2D eigenvalue weighted by molar-refractivity contribution is 5.71. The van der Waals surface area contributed by atoms with Crippen LogP contribution in [0.25, 0.3) is 0 Å². The van der Waals surface area contributed by atoms with Crippen molar-refractivity contribution in [3.8, 4) is 0 Å². The molecule has 0 saturated heterocycles. The maximum absolute atomic E-state index is 12.9. The van der Waals surface area contributed by atoms with Crippen LogP contribution in [0.2, 0.25) is 0 Å². The fourth-order valence-electron chi connectivity index (χ4n) is 11.5. The fraction of sp³-hybridized carbons (Fsp3) is 0.883. The van der Waals surface area contributed by atoms with Crippen molar-refractivity contribution in [2.45, 2.75) is 425 Å². The van der Waals surface area contributed by atoms with E-state index in [2.05, 4.69) is 57.2 Å². The first-order valence-electron chi connectivity index (χ1n) is 37.5. The predicted molar refractivity (Wildman–Crippen MR) is 362 cm³/mol. The number of carbonyl (C=O) groups is 3. The number of rotatable bonds is 70. The predicted octanol–water partition coefficient (Wildman–Crippen LogP) is 25.9. The van der Waals surface area contributed by atoms with Crippen molar-refractivity contribution in [1.29, 1.82) is 0 Å². The van der Waals surface area contributed by atoms with Crippen molar-refractivity contribution >= 4 is 17.9 Å². The second-order valence-electron chi connectivity index (χ2n) is 25.6. The monoisotopic (exact) mass is 1170 g/mol. The Morgan fingerprint density at radius 2 is 0.434 bits per heavy atom. The Balaban J connectivity index is 3.99. The van der Waals surface area contributed by atoms with Gasteiger partial charge in [0.1, 0.15) is 13.2 Å².